The predicted octanol–water partition coefficient (Wildman–Crippen LogP) is 0.0739. The normalized spacial score (nSPS) is 13.3. The lowest BCUT2D eigenvalue weighted by Crippen LogP contribution is -2.18. The standard InChI is InChI=1S/C6H12O3.C3H6O3/c1-2-3-4-5(7)6(8)9;1-2(4)3(5)6/h5,7H,2-4H2,1H3,(H,8,9);2,4H,1H3,(H,5,6). The molecule has 0 aliphatic heterocycles. The zero-order valence-electron chi connectivity index (χ0n) is 8.88. The molecule has 6 nitrogen and oxygen atoms in total. The van der Waals surface area contributed by atoms with Gasteiger partial charge in [-0.1, -0.05) is 19.8 Å². The molecule has 0 amide bonds. The molecule has 0 aromatic heterocycles. The Morgan fingerprint density at radius 2 is 1.53 bits per heavy atom. The summed E-state index contributed by atoms with van der Waals surface area (Å²) in [4.78, 5) is 19.4. The molecule has 0 heterocycles. The third-order valence-corrected chi connectivity index (χ3v) is 1.47. The smallest absolute Gasteiger partial charge is 0.332 e. The highest BCUT2D eigenvalue weighted by atomic mass is 16.4. The summed E-state index contributed by atoms with van der Waals surface area (Å²) in [6, 6.07) is 0. The molecule has 0 aromatic carbocycles. The fourth-order valence-electron chi connectivity index (χ4n) is 0.521. The van der Waals surface area contributed by atoms with Gasteiger partial charge in [0.05, 0.1) is 0 Å². The van der Waals surface area contributed by atoms with Crippen molar-refractivity contribution in [3.63, 3.8) is 0 Å². The van der Waals surface area contributed by atoms with Crippen molar-refractivity contribution in [2.75, 3.05) is 0 Å². The van der Waals surface area contributed by atoms with E-state index in [1.54, 1.807) is 0 Å². The second-order valence-corrected chi connectivity index (χ2v) is 3.01. The van der Waals surface area contributed by atoms with Crippen molar-refractivity contribution in [2.24, 2.45) is 0 Å². The van der Waals surface area contributed by atoms with E-state index < -0.39 is 24.1 Å². The Kier molecular flexibility index (Phi) is 10.2. The van der Waals surface area contributed by atoms with E-state index in [1.165, 1.54) is 6.92 Å². The van der Waals surface area contributed by atoms with Crippen LogP contribution in [0.1, 0.15) is 33.1 Å². The highest BCUT2D eigenvalue weighted by Crippen LogP contribution is 1.99. The van der Waals surface area contributed by atoms with Crippen LogP contribution in [0.4, 0.5) is 0 Å². The van der Waals surface area contributed by atoms with Crippen LogP contribution in [0.15, 0.2) is 0 Å². The minimum absolute atomic E-state index is 0.367. The van der Waals surface area contributed by atoms with Crippen LogP contribution in [-0.2, 0) is 9.59 Å². The van der Waals surface area contributed by atoms with E-state index in [0.717, 1.165) is 12.8 Å². The van der Waals surface area contributed by atoms with Crippen molar-refractivity contribution in [1.29, 1.82) is 0 Å². The molecule has 0 radical (unpaired) electrons. The highest BCUT2D eigenvalue weighted by Gasteiger charge is 2.10. The lowest BCUT2D eigenvalue weighted by atomic mass is 10.2. The van der Waals surface area contributed by atoms with Crippen LogP contribution in [0.5, 0.6) is 0 Å². The van der Waals surface area contributed by atoms with Gasteiger partial charge in [-0.15, -0.1) is 0 Å². The summed E-state index contributed by atoms with van der Waals surface area (Å²) < 4.78 is 0. The van der Waals surface area contributed by atoms with E-state index in [9.17, 15) is 9.59 Å². The number of aliphatic hydroxyl groups excluding tert-OH is 2. The Balaban J connectivity index is 0. The first kappa shape index (κ1) is 16.3. The minimum atomic E-state index is -1.23. The summed E-state index contributed by atoms with van der Waals surface area (Å²) >= 11 is 0. The molecule has 0 saturated carbocycles. The molecule has 15 heavy (non-hydrogen) atoms. The second-order valence-electron chi connectivity index (χ2n) is 3.01. The number of carboxylic acid groups (broad SMARTS) is 2. The largest absolute Gasteiger partial charge is 0.479 e. The number of carboxylic acids is 2. The first-order valence-electron chi connectivity index (χ1n) is 4.64. The van der Waals surface area contributed by atoms with E-state index in [2.05, 4.69) is 0 Å². The van der Waals surface area contributed by atoms with E-state index in [0.29, 0.717) is 6.42 Å². The number of unbranched alkanes of at least 4 members (excludes halogenated alkanes) is 1. The maximum atomic E-state index is 9.96. The van der Waals surface area contributed by atoms with Gasteiger partial charge in [0, 0.05) is 0 Å². The van der Waals surface area contributed by atoms with Crippen LogP contribution in [0, 0.1) is 0 Å². The van der Waals surface area contributed by atoms with E-state index in [1.807, 2.05) is 6.92 Å². The Morgan fingerprint density at radius 3 is 1.73 bits per heavy atom. The summed E-state index contributed by atoms with van der Waals surface area (Å²) in [7, 11) is 0. The van der Waals surface area contributed by atoms with Gasteiger partial charge in [-0.2, -0.15) is 0 Å². The van der Waals surface area contributed by atoms with Crippen molar-refractivity contribution in [1.82, 2.24) is 0 Å². The third kappa shape index (κ3) is 12.9. The molecule has 2 atom stereocenters. The van der Waals surface area contributed by atoms with Crippen LogP contribution in [0.3, 0.4) is 0 Å². The van der Waals surface area contributed by atoms with Crippen LogP contribution in [-0.4, -0.2) is 44.6 Å². The van der Waals surface area contributed by atoms with Crippen molar-refractivity contribution in [3.8, 4) is 0 Å². The van der Waals surface area contributed by atoms with Crippen molar-refractivity contribution in [2.45, 2.75) is 45.3 Å². The van der Waals surface area contributed by atoms with Crippen LogP contribution in [0.2, 0.25) is 0 Å². The first-order chi connectivity index (χ1) is 6.82. The first-order valence-corrected chi connectivity index (χ1v) is 4.64. The maximum absolute atomic E-state index is 9.96. The third-order valence-electron chi connectivity index (χ3n) is 1.47. The molecule has 6 heteroatoms. The molecule has 0 saturated heterocycles. The van der Waals surface area contributed by atoms with E-state index in [4.69, 9.17) is 20.4 Å². The molecule has 0 aliphatic rings. The minimum Gasteiger partial charge on any atom is -0.479 e. The number of aliphatic hydroxyl groups is 2. The zero-order chi connectivity index (χ0) is 12.4. The fourth-order valence-corrected chi connectivity index (χ4v) is 0.521. The van der Waals surface area contributed by atoms with Gasteiger partial charge >= 0.3 is 11.9 Å². The molecule has 0 spiro atoms. The average molecular weight is 222 g/mol. The molecule has 0 fully saturated rings. The lowest BCUT2D eigenvalue weighted by molar-refractivity contribution is -0.147. The number of aliphatic carboxylic acids is 2. The Hall–Kier alpha value is -1.14. The number of hydrogen-bond donors (Lipinski definition) is 4. The number of carbonyl (C=O) groups is 2. The summed E-state index contributed by atoms with van der Waals surface area (Å²) in [5.41, 5.74) is 0. The fraction of sp³-hybridized carbons (Fsp3) is 0.778. The van der Waals surface area contributed by atoms with Crippen LogP contribution < -0.4 is 0 Å². The summed E-state index contributed by atoms with van der Waals surface area (Å²) in [6.45, 7) is 3.15. The quantitative estimate of drug-likeness (QED) is 0.523. The SMILES string of the molecule is CC(O)C(=O)O.CCCCC(O)C(=O)O. The predicted molar refractivity (Wildman–Crippen MR) is 52.5 cm³/mol. The molecule has 0 aromatic rings. The van der Waals surface area contributed by atoms with Crippen molar-refractivity contribution >= 4 is 11.9 Å². The maximum Gasteiger partial charge on any atom is 0.332 e. The molecule has 0 bridgehead atoms. The van der Waals surface area contributed by atoms with Gasteiger partial charge < -0.3 is 20.4 Å². The molecule has 0 rings (SSSR count). The van der Waals surface area contributed by atoms with Gasteiger partial charge in [-0.3, -0.25) is 0 Å². The van der Waals surface area contributed by atoms with Crippen LogP contribution in [0.25, 0.3) is 0 Å². The van der Waals surface area contributed by atoms with E-state index >= 15 is 0 Å². The highest BCUT2D eigenvalue weighted by molar-refractivity contribution is 5.71. The number of hydrogen-bond acceptors (Lipinski definition) is 4. The zero-order valence-corrected chi connectivity index (χ0v) is 8.88. The van der Waals surface area contributed by atoms with Crippen LogP contribution >= 0.6 is 0 Å². The molecule has 2 unspecified atom stereocenters. The Morgan fingerprint density at radius 1 is 1.13 bits per heavy atom. The van der Waals surface area contributed by atoms with Crippen molar-refractivity contribution in [3.05, 3.63) is 0 Å². The summed E-state index contributed by atoms with van der Waals surface area (Å²) in [6.07, 6.45) is -0.334. The molecular formula is C9H18O6. The van der Waals surface area contributed by atoms with Gasteiger partial charge in [0.15, 0.2) is 6.10 Å². The molecular weight excluding hydrogens is 204 g/mol. The van der Waals surface area contributed by atoms with Gasteiger partial charge in [0.1, 0.15) is 6.10 Å². The summed E-state index contributed by atoms with van der Waals surface area (Å²) in [5, 5.41) is 32.6. The molecule has 0 aliphatic carbocycles. The second kappa shape index (κ2) is 9.42. The van der Waals surface area contributed by atoms with E-state index in [-0.39, 0.29) is 0 Å². The topological polar surface area (TPSA) is 115 Å². The summed E-state index contributed by atoms with van der Waals surface area (Å²) in [5.74, 6) is -2.31. The van der Waals surface area contributed by atoms with Gasteiger partial charge in [-0.25, -0.2) is 9.59 Å². The molecule has 4 N–H and O–H groups in total. The van der Waals surface area contributed by atoms with Gasteiger partial charge in [0.2, 0.25) is 0 Å². The Bertz CT molecular complexity index is 189. The monoisotopic (exact) mass is 222 g/mol. The lowest BCUT2D eigenvalue weighted by Gasteiger charge is -2.01. The average Bonchev–Trinajstić information content (AvgIpc) is 2.14. The van der Waals surface area contributed by atoms with Crippen molar-refractivity contribution < 1.29 is 30.0 Å². The van der Waals surface area contributed by atoms with Gasteiger partial charge in [0.25, 0.3) is 0 Å². The Labute approximate surface area is 88.2 Å². The number of rotatable bonds is 5. The van der Waals surface area contributed by atoms with Gasteiger partial charge in [-0.05, 0) is 13.3 Å². The molecule has 90 valence electrons.